The number of thioether (sulfide) groups is 1. The van der Waals surface area contributed by atoms with Gasteiger partial charge in [-0.25, -0.2) is 0 Å². The molecule has 0 spiro atoms. The third-order valence-corrected chi connectivity index (χ3v) is 6.34. The van der Waals surface area contributed by atoms with Crippen molar-refractivity contribution < 1.29 is 31.1 Å². The molecule has 0 fully saturated rings. The molecule has 0 aliphatic heterocycles. The summed E-state index contributed by atoms with van der Waals surface area (Å²) in [5.41, 5.74) is 0.207. The molecule has 0 heterocycles. The summed E-state index contributed by atoms with van der Waals surface area (Å²) in [5, 5.41) is 2.65. The number of hydrogen-bond acceptors (Lipinski definition) is 2. The Labute approximate surface area is 211 Å². The molecule has 0 aromatic heterocycles. The quantitative estimate of drug-likeness (QED) is 0.326. The van der Waals surface area contributed by atoms with Crippen LogP contribution in [0.1, 0.15) is 34.3 Å². The number of carbonyl (C=O) groups is 1. The van der Waals surface area contributed by atoms with Gasteiger partial charge in [0, 0.05) is 21.8 Å². The van der Waals surface area contributed by atoms with Crippen LogP contribution in [0.4, 0.5) is 26.3 Å². The number of alkyl halides is 6. The monoisotopic (exact) mass is 563 g/mol. The maximum Gasteiger partial charge on any atom is 0.399 e. The molecule has 2 aromatic rings. The lowest BCUT2D eigenvalue weighted by Gasteiger charge is -2.18. The van der Waals surface area contributed by atoms with Gasteiger partial charge in [-0.2, -0.15) is 38.1 Å². The molecule has 2 atom stereocenters. The van der Waals surface area contributed by atoms with E-state index in [4.69, 9.17) is 34.8 Å². The molecule has 186 valence electrons. The highest BCUT2D eigenvalue weighted by Gasteiger charge is 2.39. The highest BCUT2D eigenvalue weighted by atomic mass is 35.5. The van der Waals surface area contributed by atoms with Crippen molar-refractivity contribution in [1.82, 2.24) is 5.32 Å². The molecular formula is C22H18Cl3F6NOS. The van der Waals surface area contributed by atoms with Crippen LogP contribution in [0.15, 0.2) is 42.5 Å². The number of amides is 1. The molecule has 12 heteroatoms. The van der Waals surface area contributed by atoms with Gasteiger partial charge in [0.25, 0.3) is 5.91 Å². The van der Waals surface area contributed by atoms with Gasteiger partial charge in [-0.3, -0.25) is 4.79 Å². The summed E-state index contributed by atoms with van der Waals surface area (Å²) in [4.78, 5) is 12.4. The fraction of sp³-hybridized carbons (Fsp3) is 0.318. The van der Waals surface area contributed by atoms with Crippen molar-refractivity contribution in [3.8, 4) is 0 Å². The Morgan fingerprint density at radius 3 is 2.18 bits per heavy atom. The Morgan fingerprint density at radius 1 is 1.03 bits per heavy atom. The molecule has 0 aliphatic rings. The molecule has 2 rings (SSSR count). The SMILES string of the molecule is CC(CSCC(F)(F)F)NC(=O)c1ccc(/C=C/C(c2cc(Cl)cc(Cl)c2)C(F)(F)F)cc1Cl. The summed E-state index contributed by atoms with van der Waals surface area (Å²) < 4.78 is 77.5. The lowest BCUT2D eigenvalue weighted by molar-refractivity contribution is -0.139. The van der Waals surface area contributed by atoms with Crippen molar-refractivity contribution in [1.29, 1.82) is 0 Å². The molecule has 0 saturated heterocycles. The molecule has 0 saturated carbocycles. The largest absolute Gasteiger partial charge is 0.399 e. The second-order valence-corrected chi connectivity index (χ2v) is 9.64. The standard InChI is InChI=1S/C22H18Cl3F6NOS/c1-12(10-34-11-21(26,27)28)32-20(33)17-4-2-13(6-19(17)25)3-5-18(22(29,30)31)14-7-15(23)9-16(24)8-14/h2-9,12,18H,10-11H2,1H3,(H,32,33)/b5-3+. The van der Waals surface area contributed by atoms with Crippen LogP contribution in [0.2, 0.25) is 15.1 Å². The first-order valence-electron chi connectivity index (χ1n) is 9.61. The van der Waals surface area contributed by atoms with Crippen LogP contribution in [0, 0.1) is 0 Å². The van der Waals surface area contributed by atoms with Gasteiger partial charge in [0.1, 0.15) is 0 Å². The average Bonchev–Trinajstić information content (AvgIpc) is 2.65. The highest BCUT2D eigenvalue weighted by molar-refractivity contribution is 7.99. The van der Waals surface area contributed by atoms with E-state index >= 15 is 0 Å². The van der Waals surface area contributed by atoms with Gasteiger partial charge < -0.3 is 5.32 Å². The fourth-order valence-electron chi connectivity index (χ4n) is 2.89. The normalized spacial score (nSPS) is 14.3. The molecule has 2 nitrogen and oxygen atoms in total. The van der Waals surface area contributed by atoms with Crippen LogP contribution >= 0.6 is 46.6 Å². The number of hydrogen-bond donors (Lipinski definition) is 1. The predicted octanol–water partition coefficient (Wildman–Crippen LogP) is 8.42. The van der Waals surface area contributed by atoms with E-state index in [0.29, 0.717) is 17.3 Å². The van der Waals surface area contributed by atoms with Gasteiger partial charge in [0.2, 0.25) is 0 Å². The van der Waals surface area contributed by atoms with Crippen molar-refractivity contribution in [3.05, 3.63) is 74.2 Å². The Hall–Kier alpha value is -1.55. The topological polar surface area (TPSA) is 29.1 Å². The third kappa shape index (κ3) is 9.24. The van der Waals surface area contributed by atoms with Crippen LogP contribution in [0.5, 0.6) is 0 Å². The molecule has 1 N–H and O–H groups in total. The van der Waals surface area contributed by atoms with Crippen LogP contribution in [-0.4, -0.2) is 35.8 Å². The van der Waals surface area contributed by atoms with E-state index < -0.39 is 36.0 Å². The fourth-order valence-corrected chi connectivity index (χ4v) is 4.49. The Morgan fingerprint density at radius 2 is 1.65 bits per heavy atom. The zero-order valence-corrected chi connectivity index (χ0v) is 20.5. The summed E-state index contributed by atoms with van der Waals surface area (Å²) in [6, 6.07) is 7.14. The minimum Gasteiger partial charge on any atom is -0.349 e. The van der Waals surface area contributed by atoms with Crippen molar-refractivity contribution in [3.63, 3.8) is 0 Å². The van der Waals surface area contributed by atoms with Crippen molar-refractivity contribution in [2.24, 2.45) is 0 Å². The lowest BCUT2D eigenvalue weighted by Crippen LogP contribution is -2.34. The smallest absolute Gasteiger partial charge is 0.349 e. The Balaban J connectivity index is 2.13. The lowest BCUT2D eigenvalue weighted by atomic mass is 9.97. The maximum absolute atomic E-state index is 13.6. The van der Waals surface area contributed by atoms with Crippen molar-refractivity contribution in [2.75, 3.05) is 11.5 Å². The van der Waals surface area contributed by atoms with Crippen LogP contribution < -0.4 is 5.32 Å². The minimum absolute atomic E-state index is 0.0239. The van der Waals surface area contributed by atoms with E-state index in [0.717, 1.165) is 6.08 Å². The average molecular weight is 565 g/mol. The maximum atomic E-state index is 13.6. The molecule has 2 unspecified atom stereocenters. The van der Waals surface area contributed by atoms with Gasteiger partial charge in [-0.1, -0.05) is 53.0 Å². The zero-order valence-electron chi connectivity index (χ0n) is 17.4. The van der Waals surface area contributed by atoms with E-state index in [1.807, 2.05) is 0 Å². The van der Waals surface area contributed by atoms with Gasteiger partial charge in [-0.15, -0.1) is 0 Å². The molecule has 0 radical (unpaired) electrons. The van der Waals surface area contributed by atoms with E-state index in [1.54, 1.807) is 6.92 Å². The van der Waals surface area contributed by atoms with E-state index in [-0.39, 0.29) is 31.9 Å². The number of benzene rings is 2. The summed E-state index contributed by atoms with van der Waals surface area (Å²) in [6.07, 6.45) is -6.79. The van der Waals surface area contributed by atoms with E-state index in [1.165, 1.54) is 42.5 Å². The number of carbonyl (C=O) groups excluding carboxylic acids is 1. The predicted molar refractivity (Wildman–Crippen MR) is 126 cm³/mol. The molecular weight excluding hydrogens is 547 g/mol. The molecule has 0 bridgehead atoms. The van der Waals surface area contributed by atoms with Crippen LogP contribution in [-0.2, 0) is 0 Å². The second kappa shape index (κ2) is 11.9. The first kappa shape index (κ1) is 28.7. The van der Waals surface area contributed by atoms with Crippen molar-refractivity contribution >= 4 is 58.5 Å². The first-order chi connectivity index (χ1) is 15.7. The summed E-state index contributed by atoms with van der Waals surface area (Å²) in [6.45, 7) is 1.55. The summed E-state index contributed by atoms with van der Waals surface area (Å²) in [5.74, 6) is -3.59. The molecule has 34 heavy (non-hydrogen) atoms. The highest BCUT2D eigenvalue weighted by Crippen LogP contribution is 2.38. The Kier molecular flexibility index (Phi) is 10.1. The minimum atomic E-state index is -4.62. The number of rotatable bonds is 8. The number of allylic oxidation sites excluding steroid dienone is 1. The van der Waals surface area contributed by atoms with E-state index in [9.17, 15) is 31.1 Å². The van der Waals surface area contributed by atoms with Gasteiger partial charge in [-0.05, 0) is 48.4 Å². The third-order valence-electron chi connectivity index (χ3n) is 4.33. The van der Waals surface area contributed by atoms with Gasteiger partial charge in [0.15, 0.2) is 0 Å². The van der Waals surface area contributed by atoms with E-state index in [2.05, 4.69) is 5.32 Å². The van der Waals surface area contributed by atoms with Crippen LogP contribution in [0.25, 0.3) is 6.08 Å². The Bertz CT molecular complexity index is 1020. The molecule has 1 amide bonds. The molecule has 0 aliphatic carbocycles. The van der Waals surface area contributed by atoms with Crippen molar-refractivity contribution in [2.45, 2.75) is 31.2 Å². The summed E-state index contributed by atoms with van der Waals surface area (Å²) in [7, 11) is 0. The van der Waals surface area contributed by atoms with Crippen LogP contribution in [0.3, 0.4) is 0 Å². The number of nitrogens with one attached hydrogen (secondary N) is 1. The summed E-state index contributed by atoms with van der Waals surface area (Å²) >= 11 is 18.4. The van der Waals surface area contributed by atoms with Gasteiger partial charge in [0.05, 0.1) is 22.3 Å². The molecule has 2 aromatic carbocycles. The van der Waals surface area contributed by atoms with Gasteiger partial charge >= 0.3 is 12.4 Å². The zero-order chi connectivity index (χ0) is 25.7. The second-order valence-electron chi connectivity index (χ2n) is 7.33. The number of halogens is 9. The first-order valence-corrected chi connectivity index (χ1v) is 11.9.